The van der Waals surface area contributed by atoms with Crippen LogP contribution in [-0.4, -0.2) is 55.2 Å². The van der Waals surface area contributed by atoms with Gasteiger partial charge in [0.1, 0.15) is 5.75 Å². The molecule has 0 saturated heterocycles. The summed E-state index contributed by atoms with van der Waals surface area (Å²) >= 11 is 0. The minimum atomic E-state index is -0.418. The van der Waals surface area contributed by atoms with E-state index in [0.717, 1.165) is 44.7 Å². The lowest BCUT2D eigenvalue weighted by molar-refractivity contribution is -0.139. The molecule has 3 aromatic carbocycles. The van der Waals surface area contributed by atoms with Crippen molar-refractivity contribution in [3.8, 4) is 28.0 Å². The Kier molecular flexibility index (Phi) is 14.2. The Labute approximate surface area is 273 Å². The molecular weight excluding hydrogens is 580 g/mol. The lowest BCUT2D eigenvalue weighted by atomic mass is 9.91. The molecule has 0 amide bonds. The van der Waals surface area contributed by atoms with E-state index in [-0.39, 0.29) is 32.3 Å². The number of aryl methyl sites for hydroxylation is 4. The average Bonchev–Trinajstić information content (AvgIpc) is 3.03. The zero-order chi connectivity index (χ0) is 33.6. The number of carbonyl (C=O) groups is 2. The number of aliphatic hydroxyl groups excluding tert-OH is 2. The topological polar surface area (TPSA) is 102 Å². The molecule has 0 aliphatic rings. The summed E-state index contributed by atoms with van der Waals surface area (Å²) in [4.78, 5) is 23.9. The number of carbonyl (C=O) groups excluding carboxylic acids is 2. The predicted molar refractivity (Wildman–Crippen MR) is 183 cm³/mol. The van der Waals surface area contributed by atoms with Crippen LogP contribution >= 0.6 is 0 Å². The monoisotopic (exact) mass is 628 g/mol. The third kappa shape index (κ3) is 10.7. The van der Waals surface area contributed by atoms with E-state index in [0.29, 0.717) is 49.9 Å². The van der Waals surface area contributed by atoms with Crippen LogP contribution in [0.4, 0.5) is 0 Å². The summed E-state index contributed by atoms with van der Waals surface area (Å²) < 4.78 is 17.1. The number of esters is 2. The third-order valence-electron chi connectivity index (χ3n) is 7.80. The summed E-state index contributed by atoms with van der Waals surface area (Å²) in [5.41, 5.74) is 9.40. The molecule has 0 fully saturated rings. The Balaban J connectivity index is 1.99. The minimum Gasteiger partial charge on any atom is -0.493 e. The van der Waals surface area contributed by atoms with Gasteiger partial charge in [0.15, 0.2) is 0 Å². The van der Waals surface area contributed by atoms with Gasteiger partial charge in [-0.05, 0) is 111 Å². The molecule has 0 aliphatic heterocycles. The molecule has 0 aromatic heterocycles. The van der Waals surface area contributed by atoms with Crippen molar-refractivity contribution in [2.45, 2.75) is 59.8 Å². The van der Waals surface area contributed by atoms with Crippen LogP contribution in [0.25, 0.3) is 22.3 Å². The fourth-order valence-corrected chi connectivity index (χ4v) is 5.05. The van der Waals surface area contributed by atoms with Crippen LogP contribution < -0.4 is 4.74 Å². The van der Waals surface area contributed by atoms with Crippen molar-refractivity contribution in [3.63, 3.8) is 0 Å². The van der Waals surface area contributed by atoms with Crippen molar-refractivity contribution in [1.82, 2.24) is 0 Å². The molecule has 2 N–H and O–H groups in total. The second-order valence-corrected chi connectivity index (χ2v) is 11.9. The molecule has 0 bridgehead atoms. The molecule has 0 spiro atoms. The maximum Gasteiger partial charge on any atom is 0.333 e. The molecule has 0 radical (unpaired) electrons. The van der Waals surface area contributed by atoms with Gasteiger partial charge in [0.2, 0.25) is 0 Å². The standard InChI is InChI=1S/C39H48O7/c1-26(2)38(42)45-18-7-9-33-22-35(36-16-15-32(21-29(36)6)31-13-11-28(5)12-14-31)23-34(10-8-19-46-39(43)27(3)4)37(33)44-20-17-30(24-40)25-41/h11-16,21-23,30,40-41H,1,3,7-10,17-20,24-25H2,2,4-6H3. The summed E-state index contributed by atoms with van der Waals surface area (Å²) in [6.45, 7) is 15.3. The molecule has 0 heterocycles. The number of hydrogen-bond donors (Lipinski definition) is 2. The van der Waals surface area contributed by atoms with Crippen LogP contribution in [0.2, 0.25) is 0 Å². The Morgan fingerprint density at radius 1 is 0.717 bits per heavy atom. The SMILES string of the molecule is C=C(C)C(=O)OCCCc1cc(-c2ccc(-c3ccc(C)cc3)cc2C)cc(CCCOC(=O)C(=C)C)c1OCCC(CO)CO. The molecule has 46 heavy (non-hydrogen) atoms. The molecule has 3 rings (SSSR count). The van der Waals surface area contributed by atoms with Crippen molar-refractivity contribution in [2.75, 3.05) is 33.0 Å². The van der Waals surface area contributed by atoms with Gasteiger partial charge in [-0.15, -0.1) is 0 Å². The number of benzene rings is 3. The van der Waals surface area contributed by atoms with E-state index in [4.69, 9.17) is 14.2 Å². The van der Waals surface area contributed by atoms with Crippen LogP contribution in [0.3, 0.4) is 0 Å². The molecule has 7 heteroatoms. The van der Waals surface area contributed by atoms with Gasteiger partial charge < -0.3 is 24.4 Å². The molecule has 3 aromatic rings. The van der Waals surface area contributed by atoms with Gasteiger partial charge in [-0.1, -0.05) is 61.2 Å². The zero-order valence-corrected chi connectivity index (χ0v) is 27.7. The van der Waals surface area contributed by atoms with Gasteiger partial charge in [0, 0.05) is 30.3 Å². The minimum absolute atomic E-state index is 0.126. The van der Waals surface area contributed by atoms with Crippen LogP contribution in [0.15, 0.2) is 78.9 Å². The summed E-state index contributed by atoms with van der Waals surface area (Å²) in [6.07, 6.45) is 2.83. The second kappa shape index (κ2) is 18.1. The lowest BCUT2D eigenvalue weighted by Crippen LogP contribution is -2.16. The second-order valence-electron chi connectivity index (χ2n) is 11.9. The first-order chi connectivity index (χ1) is 22.0. The van der Waals surface area contributed by atoms with Crippen LogP contribution in [-0.2, 0) is 31.9 Å². The van der Waals surface area contributed by atoms with E-state index in [9.17, 15) is 19.8 Å². The fraction of sp³-hybridized carbons (Fsp3) is 0.385. The van der Waals surface area contributed by atoms with Crippen molar-refractivity contribution in [1.29, 1.82) is 0 Å². The van der Waals surface area contributed by atoms with E-state index < -0.39 is 11.9 Å². The van der Waals surface area contributed by atoms with E-state index in [2.05, 4.69) is 81.6 Å². The average molecular weight is 629 g/mol. The zero-order valence-electron chi connectivity index (χ0n) is 27.7. The van der Waals surface area contributed by atoms with Gasteiger partial charge in [-0.25, -0.2) is 9.59 Å². The first-order valence-electron chi connectivity index (χ1n) is 15.9. The van der Waals surface area contributed by atoms with E-state index in [1.165, 1.54) is 5.56 Å². The summed E-state index contributed by atoms with van der Waals surface area (Å²) in [5, 5.41) is 19.1. The smallest absolute Gasteiger partial charge is 0.333 e. The summed E-state index contributed by atoms with van der Waals surface area (Å²) in [6, 6.07) is 19.2. The number of ether oxygens (including phenoxy) is 3. The van der Waals surface area contributed by atoms with E-state index in [1.54, 1.807) is 13.8 Å². The van der Waals surface area contributed by atoms with Crippen molar-refractivity contribution >= 4 is 11.9 Å². The summed E-state index contributed by atoms with van der Waals surface area (Å²) in [5.74, 6) is -0.383. The quantitative estimate of drug-likeness (QED) is 0.0879. The highest BCUT2D eigenvalue weighted by Gasteiger charge is 2.17. The van der Waals surface area contributed by atoms with Gasteiger partial charge >= 0.3 is 11.9 Å². The van der Waals surface area contributed by atoms with Crippen LogP contribution in [0.1, 0.15) is 55.4 Å². The Bertz CT molecular complexity index is 1440. The molecule has 0 atom stereocenters. The predicted octanol–water partition coefficient (Wildman–Crippen LogP) is 7.11. The van der Waals surface area contributed by atoms with E-state index >= 15 is 0 Å². The number of aliphatic hydroxyl groups is 2. The first-order valence-corrected chi connectivity index (χ1v) is 15.9. The molecule has 0 saturated carbocycles. The molecule has 0 unspecified atom stereocenters. The molecular formula is C39H48O7. The highest BCUT2D eigenvalue weighted by Crippen LogP contribution is 2.36. The van der Waals surface area contributed by atoms with Gasteiger partial charge in [-0.2, -0.15) is 0 Å². The van der Waals surface area contributed by atoms with Gasteiger partial charge in [0.05, 0.1) is 19.8 Å². The Morgan fingerprint density at radius 2 is 1.24 bits per heavy atom. The highest BCUT2D eigenvalue weighted by atomic mass is 16.5. The molecule has 246 valence electrons. The normalized spacial score (nSPS) is 10.9. The van der Waals surface area contributed by atoms with E-state index in [1.807, 2.05) is 0 Å². The first kappa shape index (κ1) is 36.3. The maximum absolute atomic E-state index is 12.0. The molecule has 7 nitrogen and oxygen atoms in total. The maximum atomic E-state index is 12.0. The number of rotatable bonds is 18. The Hall–Kier alpha value is -4.20. The van der Waals surface area contributed by atoms with Gasteiger partial charge in [-0.3, -0.25) is 0 Å². The fourth-order valence-electron chi connectivity index (χ4n) is 5.05. The largest absolute Gasteiger partial charge is 0.493 e. The Morgan fingerprint density at radius 3 is 1.72 bits per heavy atom. The van der Waals surface area contributed by atoms with Crippen LogP contribution in [0, 0.1) is 19.8 Å². The van der Waals surface area contributed by atoms with Crippen molar-refractivity contribution in [3.05, 3.63) is 101 Å². The van der Waals surface area contributed by atoms with Crippen LogP contribution in [0.5, 0.6) is 5.75 Å². The van der Waals surface area contributed by atoms with Crippen molar-refractivity contribution in [2.24, 2.45) is 5.92 Å². The van der Waals surface area contributed by atoms with Gasteiger partial charge in [0.25, 0.3) is 0 Å². The van der Waals surface area contributed by atoms with Crippen molar-refractivity contribution < 1.29 is 34.0 Å². The highest BCUT2D eigenvalue weighted by molar-refractivity contribution is 5.87. The molecule has 0 aliphatic carbocycles. The number of hydrogen-bond acceptors (Lipinski definition) is 7. The lowest BCUT2D eigenvalue weighted by Gasteiger charge is -2.20. The third-order valence-corrected chi connectivity index (χ3v) is 7.80. The summed E-state index contributed by atoms with van der Waals surface area (Å²) in [7, 11) is 0.